The van der Waals surface area contributed by atoms with Crippen LogP contribution >= 0.6 is 0 Å². The van der Waals surface area contributed by atoms with Gasteiger partial charge in [0.1, 0.15) is 11.3 Å². The first-order valence-corrected chi connectivity index (χ1v) is 9.51. The summed E-state index contributed by atoms with van der Waals surface area (Å²) in [6, 6.07) is 7.47. The van der Waals surface area contributed by atoms with Crippen molar-refractivity contribution in [2.45, 2.75) is 13.8 Å². The Hall–Kier alpha value is -3.13. The van der Waals surface area contributed by atoms with Gasteiger partial charge in [-0.3, -0.25) is 9.20 Å². The van der Waals surface area contributed by atoms with Crippen LogP contribution in [0.15, 0.2) is 41.5 Å². The first kappa shape index (κ1) is 18.2. The minimum absolute atomic E-state index is 0.182. The van der Waals surface area contributed by atoms with Crippen LogP contribution in [-0.2, 0) is 0 Å². The van der Waals surface area contributed by atoms with Crippen molar-refractivity contribution in [2.75, 3.05) is 42.9 Å². The van der Waals surface area contributed by atoms with Crippen molar-refractivity contribution in [3.05, 3.63) is 58.4 Å². The summed E-state index contributed by atoms with van der Waals surface area (Å²) in [5.74, 6) is -0.369. The SMILES string of the molecule is CCN1CCN(c2ccc(NC(=O)c3cc4nccn4c(=O)[nH]3)cc2C)CC1. The van der Waals surface area contributed by atoms with Gasteiger partial charge in [-0.05, 0) is 37.2 Å². The van der Waals surface area contributed by atoms with E-state index < -0.39 is 5.69 Å². The number of aromatic amines is 1. The minimum atomic E-state index is -0.391. The molecule has 0 aliphatic carbocycles. The number of benzene rings is 1. The molecule has 1 aromatic carbocycles. The first-order valence-electron chi connectivity index (χ1n) is 9.51. The molecular weight excluding hydrogens is 356 g/mol. The van der Waals surface area contributed by atoms with Crippen molar-refractivity contribution in [2.24, 2.45) is 0 Å². The number of hydrogen-bond donors (Lipinski definition) is 2. The third-order valence-corrected chi connectivity index (χ3v) is 5.26. The fourth-order valence-corrected chi connectivity index (χ4v) is 3.65. The lowest BCUT2D eigenvalue weighted by molar-refractivity contribution is 0.102. The van der Waals surface area contributed by atoms with Crippen LogP contribution < -0.4 is 15.9 Å². The van der Waals surface area contributed by atoms with Crippen LogP contribution in [0.2, 0.25) is 0 Å². The summed E-state index contributed by atoms with van der Waals surface area (Å²) in [6.45, 7) is 9.48. The molecule has 0 spiro atoms. The Labute approximate surface area is 162 Å². The zero-order chi connectivity index (χ0) is 19.7. The molecule has 0 atom stereocenters. The Bertz CT molecular complexity index is 1060. The van der Waals surface area contributed by atoms with Gasteiger partial charge in [0.05, 0.1) is 0 Å². The van der Waals surface area contributed by atoms with Crippen molar-refractivity contribution in [1.29, 1.82) is 0 Å². The fourth-order valence-electron chi connectivity index (χ4n) is 3.65. The lowest BCUT2D eigenvalue weighted by atomic mass is 10.1. The zero-order valence-electron chi connectivity index (χ0n) is 16.1. The van der Waals surface area contributed by atoms with E-state index in [1.165, 1.54) is 16.3 Å². The summed E-state index contributed by atoms with van der Waals surface area (Å²) in [5, 5.41) is 2.86. The Morgan fingerprint density at radius 3 is 2.71 bits per heavy atom. The quantitative estimate of drug-likeness (QED) is 0.720. The third-order valence-electron chi connectivity index (χ3n) is 5.26. The van der Waals surface area contributed by atoms with Gasteiger partial charge in [0, 0.05) is 56.0 Å². The van der Waals surface area contributed by atoms with E-state index in [1.54, 1.807) is 12.3 Å². The van der Waals surface area contributed by atoms with Crippen molar-refractivity contribution in [1.82, 2.24) is 19.3 Å². The Kier molecular flexibility index (Phi) is 4.87. The number of likely N-dealkylation sites (N-methyl/N-ethyl adjacent to an activating group) is 1. The molecule has 28 heavy (non-hydrogen) atoms. The maximum absolute atomic E-state index is 12.6. The van der Waals surface area contributed by atoms with E-state index in [4.69, 9.17) is 0 Å². The summed E-state index contributed by atoms with van der Waals surface area (Å²) in [7, 11) is 0. The summed E-state index contributed by atoms with van der Waals surface area (Å²) in [4.78, 5) is 36.1. The summed E-state index contributed by atoms with van der Waals surface area (Å²) < 4.78 is 1.36. The van der Waals surface area contributed by atoms with Gasteiger partial charge in [0.2, 0.25) is 0 Å². The first-order chi connectivity index (χ1) is 13.5. The molecule has 2 aromatic heterocycles. The molecule has 1 aliphatic heterocycles. The molecule has 1 aliphatic rings. The number of hydrogen-bond acceptors (Lipinski definition) is 5. The number of anilines is 2. The van der Waals surface area contributed by atoms with Gasteiger partial charge in [-0.2, -0.15) is 0 Å². The van der Waals surface area contributed by atoms with E-state index in [0.29, 0.717) is 11.3 Å². The standard InChI is InChI=1S/C20H24N6O2/c1-3-24-8-10-25(11-9-24)17-5-4-15(12-14(17)2)22-19(27)16-13-18-21-6-7-26(18)20(28)23-16/h4-7,12-13H,3,8-11H2,1-2H3,(H,22,27)(H,23,28). The number of nitrogens with zero attached hydrogens (tertiary/aromatic N) is 4. The van der Waals surface area contributed by atoms with E-state index in [9.17, 15) is 9.59 Å². The molecule has 146 valence electrons. The molecule has 3 heterocycles. The molecule has 0 bridgehead atoms. The van der Waals surface area contributed by atoms with E-state index in [0.717, 1.165) is 38.3 Å². The number of carbonyl (C=O) groups excluding carboxylic acids is 1. The van der Waals surface area contributed by atoms with Crippen molar-refractivity contribution < 1.29 is 4.79 Å². The average molecular weight is 380 g/mol. The number of fused-ring (bicyclic) bond motifs is 1. The second-order valence-electron chi connectivity index (χ2n) is 7.02. The fraction of sp³-hybridized carbons (Fsp3) is 0.350. The van der Waals surface area contributed by atoms with Gasteiger partial charge in [-0.1, -0.05) is 6.92 Å². The molecule has 1 amide bonds. The number of carbonyl (C=O) groups is 1. The Morgan fingerprint density at radius 2 is 2.00 bits per heavy atom. The number of nitrogens with one attached hydrogen (secondary N) is 2. The van der Waals surface area contributed by atoms with E-state index in [1.807, 2.05) is 18.2 Å². The van der Waals surface area contributed by atoms with Gasteiger partial charge >= 0.3 is 5.69 Å². The van der Waals surface area contributed by atoms with E-state index in [2.05, 4.69) is 38.9 Å². The number of imidazole rings is 1. The Morgan fingerprint density at radius 1 is 1.21 bits per heavy atom. The van der Waals surface area contributed by atoms with Crippen molar-refractivity contribution in [3.8, 4) is 0 Å². The molecule has 0 saturated carbocycles. The van der Waals surface area contributed by atoms with Crippen LogP contribution in [0.5, 0.6) is 0 Å². The molecule has 1 saturated heterocycles. The largest absolute Gasteiger partial charge is 0.369 e. The second-order valence-corrected chi connectivity index (χ2v) is 7.02. The average Bonchev–Trinajstić information content (AvgIpc) is 3.17. The number of amides is 1. The maximum atomic E-state index is 12.6. The van der Waals surface area contributed by atoms with Gasteiger partial charge in [-0.25, -0.2) is 9.78 Å². The van der Waals surface area contributed by atoms with Crippen LogP contribution in [0, 0.1) is 6.92 Å². The van der Waals surface area contributed by atoms with Crippen LogP contribution in [-0.4, -0.2) is 57.9 Å². The van der Waals surface area contributed by atoms with Crippen molar-refractivity contribution in [3.63, 3.8) is 0 Å². The monoisotopic (exact) mass is 380 g/mol. The highest BCUT2D eigenvalue weighted by atomic mass is 16.2. The highest BCUT2D eigenvalue weighted by molar-refractivity contribution is 6.03. The minimum Gasteiger partial charge on any atom is -0.369 e. The molecule has 2 N–H and O–H groups in total. The summed E-state index contributed by atoms with van der Waals surface area (Å²) in [6.07, 6.45) is 3.08. The van der Waals surface area contributed by atoms with Crippen LogP contribution in [0.3, 0.4) is 0 Å². The van der Waals surface area contributed by atoms with Gasteiger partial charge < -0.3 is 20.1 Å². The molecule has 3 aromatic rings. The van der Waals surface area contributed by atoms with Crippen LogP contribution in [0.4, 0.5) is 11.4 Å². The molecular formula is C20H24N6O2. The molecule has 8 heteroatoms. The number of piperazine rings is 1. The lowest BCUT2D eigenvalue weighted by Gasteiger charge is -2.36. The third kappa shape index (κ3) is 3.50. The highest BCUT2D eigenvalue weighted by Gasteiger charge is 2.18. The number of rotatable bonds is 4. The van der Waals surface area contributed by atoms with Gasteiger partial charge in [0.15, 0.2) is 0 Å². The van der Waals surface area contributed by atoms with E-state index in [-0.39, 0.29) is 11.6 Å². The second kappa shape index (κ2) is 7.47. The summed E-state index contributed by atoms with van der Waals surface area (Å²) >= 11 is 0. The van der Waals surface area contributed by atoms with Gasteiger partial charge in [0.25, 0.3) is 5.91 Å². The van der Waals surface area contributed by atoms with Crippen LogP contribution in [0.25, 0.3) is 5.65 Å². The number of aryl methyl sites for hydroxylation is 1. The molecule has 0 unspecified atom stereocenters. The number of H-pyrrole nitrogens is 1. The normalized spacial score (nSPS) is 15.1. The van der Waals surface area contributed by atoms with E-state index >= 15 is 0 Å². The zero-order valence-corrected chi connectivity index (χ0v) is 16.1. The molecule has 8 nitrogen and oxygen atoms in total. The molecule has 4 rings (SSSR count). The Balaban J connectivity index is 1.49. The summed E-state index contributed by atoms with van der Waals surface area (Å²) in [5.41, 5.74) is 3.23. The molecule has 0 radical (unpaired) electrons. The smallest absolute Gasteiger partial charge is 0.331 e. The predicted molar refractivity (Wildman–Crippen MR) is 109 cm³/mol. The maximum Gasteiger partial charge on any atom is 0.331 e. The number of aromatic nitrogens is 3. The van der Waals surface area contributed by atoms with Crippen LogP contribution in [0.1, 0.15) is 23.0 Å². The lowest BCUT2D eigenvalue weighted by Crippen LogP contribution is -2.46. The van der Waals surface area contributed by atoms with Crippen molar-refractivity contribution >= 4 is 22.9 Å². The molecule has 1 fully saturated rings. The predicted octanol–water partition coefficient (Wildman–Crippen LogP) is 1.73. The highest BCUT2D eigenvalue weighted by Crippen LogP contribution is 2.25. The van der Waals surface area contributed by atoms with Gasteiger partial charge in [-0.15, -0.1) is 0 Å². The topological polar surface area (TPSA) is 85.7 Å².